The molecule has 0 saturated heterocycles. The second kappa shape index (κ2) is 5.67. The van der Waals surface area contributed by atoms with Gasteiger partial charge in [-0.25, -0.2) is 0 Å². The van der Waals surface area contributed by atoms with E-state index in [1.807, 2.05) is 0 Å². The molecule has 0 unspecified atom stereocenters. The normalized spacial score (nSPS) is 10.0. The van der Waals surface area contributed by atoms with E-state index in [1.165, 1.54) is 19.2 Å². The summed E-state index contributed by atoms with van der Waals surface area (Å²) in [4.78, 5) is 24.1. The molecule has 96 valence electrons. The standard InChI is InChI=1S/C15H11ClO3/c1-19-11-7-8-12(13(16)9-11)15(18)14(17)10-5-3-2-4-6-10/h2-9H,1H3. The van der Waals surface area contributed by atoms with E-state index >= 15 is 0 Å². The molecule has 2 aromatic carbocycles. The van der Waals surface area contributed by atoms with Gasteiger partial charge in [-0.3, -0.25) is 9.59 Å². The lowest BCUT2D eigenvalue weighted by Crippen LogP contribution is -2.14. The molecule has 0 spiro atoms. The molecule has 3 nitrogen and oxygen atoms in total. The van der Waals surface area contributed by atoms with Gasteiger partial charge in [0.15, 0.2) is 0 Å². The van der Waals surface area contributed by atoms with Gasteiger partial charge in [0.25, 0.3) is 0 Å². The SMILES string of the molecule is COc1ccc(C(=O)C(=O)c2ccccc2)c(Cl)c1. The van der Waals surface area contributed by atoms with E-state index in [9.17, 15) is 9.59 Å². The first-order valence-electron chi connectivity index (χ1n) is 5.61. The summed E-state index contributed by atoms with van der Waals surface area (Å²) in [6, 6.07) is 13.0. The second-order valence-electron chi connectivity index (χ2n) is 3.87. The summed E-state index contributed by atoms with van der Waals surface area (Å²) in [5.74, 6) is -0.666. The van der Waals surface area contributed by atoms with Crippen molar-refractivity contribution in [2.24, 2.45) is 0 Å². The molecule has 0 aliphatic rings. The number of carbonyl (C=O) groups is 2. The summed E-state index contributed by atoms with van der Waals surface area (Å²) in [5.41, 5.74) is 0.524. The summed E-state index contributed by atoms with van der Waals surface area (Å²) in [6.45, 7) is 0. The van der Waals surface area contributed by atoms with Crippen molar-refractivity contribution >= 4 is 23.2 Å². The first-order valence-corrected chi connectivity index (χ1v) is 5.99. The third-order valence-corrected chi connectivity index (χ3v) is 2.98. The number of halogens is 1. The Morgan fingerprint density at radius 1 is 1.00 bits per heavy atom. The number of rotatable bonds is 4. The highest BCUT2D eigenvalue weighted by molar-refractivity contribution is 6.51. The summed E-state index contributed by atoms with van der Waals surface area (Å²) in [5, 5.41) is 0.202. The lowest BCUT2D eigenvalue weighted by Gasteiger charge is -2.05. The van der Waals surface area contributed by atoms with Crippen molar-refractivity contribution in [1.82, 2.24) is 0 Å². The molecule has 0 aromatic heterocycles. The molecule has 0 bridgehead atoms. The van der Waals surface area contributed by atoms with Crippen LogP contribution in [0.3, 0.4) is 0 Å². The van der Waals surface area contributed by atoms with Crippen LogP contribution in [0.4, 0.5) is 0 Å². The first-order chi connectivity index (χ1) is 9.13. The molecule has 2 rings (SSSR count). The molecule has 0 amide bonds. The van der Waals surface area contributed by atoms with E-state index in [0.717, 1.165) is 0 Å². The number of ketones is 2. The van der Waals surface area contributed by atoms with Crippen LogP contribution >= 0.6 is 11.6 Å². The van der Waals surface area contributed by atoms with Crippen LogP contribution in [-0.2, 0) is 0 Å². The molecule has 19 heavy (non-hydrogen) atoms. The fraction of sp³-hybridized carbons (Fsp3) is 0.0667. The van der Waals surface area contributed by atoms with Crippen LogP contribution in [0.1, 0.15) is 20.7 Å². The number of benzene rings is 2. The quantitative estimate of drug-likeness (QED) is 0.634. The van der Waals surface area contributed by atoms with Gasteiger partial charge in [0, 0.05) is 11.1 Å². The largest absolute Gasteiger partial charge is 0.497 e. The van der Waals surface area contributed by atoms with Crippen LogP contribution in [0.15, 0.2) is 48.5 Å². The van der Waals surface area contributed by atoms with Gasteiger partial charge in [-0.2, -0.15) is 0 Å². The van der Waals surface area contributed by atoms with Gasteiger partial charge < -0.3 is 4.74 Å². The van der Waals surface area contributed by atoms with E-state index in [4.69, 9.17) is 16.3 Å². The van der Waals surface area contributed by atoms with Gasteiger partial charge in [-0.15, -0.1) is 0 Å². The molecule has 0 aliphatic carbocycles. The molecule has 0 aliphatic heterocycles. The van der Waals surface area contributed by atoms with Crippen LogP contribution < -0.4 is 4.74 Å². The minimum Gasteiger partial charge on any atom is -0.497 e. The van der Waals surface area contributed by atoms with Crippen molar-refractivity contribution in [2.45, 2.75) is 0 Å². The monoisotopic (exact) mass is 274 g/mol. The summed E-state index contributed by atoms with van der Waals surface area (Å²) in [7, 11) is 1.50. The zero-order chi connectivity index (χ0) is 13.8. The van der Waals surface area contributed by atoms with Crippen LogP contribution in [0.25, 0.3) is 0 Å². The summed E-state index contributed by atoms with van der Waals surface area (Å²) < 4.78 is 4.99. The van der Waals surface area contributed by atoms with E-state index in [2.05, 4.69) is 0 Å². The van der Waals surface area contributed by atoms with Gasteiger partial charge >= 0.3 is 0 Å². The minimum atomic E-state index is -0.626. The Bertz CT molecular complexity index is 621. The lowest BCUT2D eigenvalue weighted by molar-refractivity contribution is 0.0817. The third-order valence-electron chi connectivity index (χ3n) is 2.66. The van der Waals surface area contributed by atoms with E-state index < -0.39 is 11.6 Å². The zero-order valence-electron chi connectivity index (χ0n) is 10.2. The highest BCUT2D eigenvalue weighted by Crippen LogP contribution is 2.23. The van der Waals surface area contributed by atoms with Crippen LogP contribution in [0.5, 0.6) is 5.75 Å². The molecule has 0 radical (unpaired) electrons. The van der Waals surface area contributed by atoms with Crippen molar-refractivity contribution in [1.29, 1.82) is 0 Å². The van der Waals surface area contributed by atoms with Gasteiger partial charge in [0.1, 0.15) is 5.75 Å². The van der Waals surface area contributed by atoms with Crippen LogP contribution in [-0.4, -0.2) is 18.7 Å². The Morgan fingerprint density at radius 3 is 2.26 bits per heavy atom. The fourth-order valence-corrected chi connectivity index (χ4v) is 1.91. The molecular weight excluding hydrogens is 264 g/mol. The van der Waals surface area contributed by atoms with E-state index in [-0.39, 0.29) is 10.6 Å². The van der Waals surface area contributed by atoms with Crippen molar-refractivity contribution in [2.75, 3.05) is 7.11 Å². The number of hydrogen-bond donors (Lipinski definition) is 0. The molecule has 0 N–H and O–H groups in total. The minimum absolute atomic E-state index is 0.177. The van der Waals surface area contributed by atoms with E-state index in [1.54, 1.807) is 36.4 Å². The third kappa shape index (κ3) is 2.83. The van der Waals surface area contributed by atoms with Crippen LogP contribution in [0.2, 0.25) is 5.02 Å². The first kappa shape index (κ1) is 13.3. The maximum Gasteiger partial charge on any atom is 0.235 e. The van der Waals surface area contributed by atoms with Crippen molar-refractivity contribution in [3.05, 3.63) is 64.7 Å². The predicted octanol–water partition coefficient (Wildman–Crippen LogP) is 3.41. The molecule has 0 heterocycles. The van der Waals surface area contributed by atoms with Crippen LogP contribution in [0, 0.1) is 0 Å². The maximum atomic E-state index is 12.1. The average Bonchev–Trinajstić information content (AvgIpc) is 2.46. The Kier molecular flexibility index (Phi) is 3.97. The Balaban J connectivity index is 2.32. The molecule has 0 atom stereocenters. The van der Waals surface area contributed by atoms with Gasteiger partial charge in [0.05, 0.1) is 12.1 Å². The highest BCUT2D eigenvalue weighted by Gasteiger charge is 2.20. The number of Topliss-reactive ketones (excluding diaryl/α,β-unsaturated/α-hetero) is 2. The number of methoxy groups -OCH3 is 1. The lowest BCUT2D eigenvalue weighted by atomic mass is 10.0. The molecule has 2 aromatic rings. The van der Waals surface area contributed by atoms with Crippen molar-refractivity contribution < 1.29 is 14.3 Å². The predicted molar refractivity (Wildman–Crippen MR) is 73.1 cm³/mol. The Morgan fingerprint density at radius 2 is 1.68 bits per heavy atom. The maximum absolute atomic E-state index is 12.1. The number of hydrogen-bond acceptors (Lipinski definition) is 3. The average molecular weight is 275 g/mol. The molecule has 4 heteroatoms. The Hall–Kier alpha value is -2.13. The van der Waals surface area contributed by atoms with E-state index in [0.29, 0.717) is 11.3 Å². The van der Waals surface area contributed by atoms with Gasteiger partial charge in [0.2, 0.25) is 11.6 Å². The Labute approximate surface area is 115 Å². The van der Waals surface area contributed by atoms with Crippen molar-refractivity contribution in [3.8, 4) is 5.75 Å². The van der Waals surface area contributed by atoms with Gasteiger partial charge in [-0.1, -0.05) is 41.9 Å². The summed E-state index contributed by atoms with van der Waals surface area (Å²) >= 11 is 5.98. The number of carbonyl (C=O) groups excluding carboxylic acids is 2. The smallest absolute Gasteiger partial charge is 0.235 e. The van der Waals surface area contributed by atoms with Crippen molar-refractivity contribution in [3.63, 3.8) is 0 Å². The highest BCUT2D eigenvalue weighted by atomic mass is 35.5. The molecular formula is C15H11ClO3. The second-order valence-corrected chi connectivity index (χ2v) is 4.28. The summed E-state index contributed by atoms with van der Waals surface area (Å²) in [6.07, 6.45) is 0. The zero-order valence-corrected chi connectivity index (χ0v) is 11.0. The molecule has 0 fully saturated rings. The molecule has 0 saturated carbocycles. The van der Waals surface area contributed by atoms with Gasteiger partial charge in [-0.05, 0) is 18.2 Å². The number of ether oxygens (including phenoxy) is 1. The fourth-order valence-electron chi connectivity index (χ4n) is 1.65. The topological polar surface area (TPSA) is 43.4 Å².